The summed E-state index contributed by atoms with van der Waals surface area (Å²) in [6.45, 7) is 7.23. The molecule has 0 amide bonds. The zero-order valence-electron chi connectivity index (χ0n) is 13.3. The van der Waals surface area contributed by atoms with E-state index in [9.17, 15) is 0 Å². The van der Waals surface area contributed by atoms with Crippen LogP contribution in [0.2, 0.25) is 0 Å². The molecule has 2 aromatic rings. The highest BCUT2D eigenvalue weighted by atomic mass is 16.5. The molecule has 1 atom stereocenters. The van der Waals surface area contributed by atoms with E-state index in [1.54, 1.807) is 7.11 Å². The number of hydrogen-bond donors (Lipinski definition) is 1. The summed E-state index contributed by atoms with van der Waals surface area (Å²) in [6.07, 6.45) is 2.74. The number of hydrogen-bond acceptors (Lipinski definition) is 3. The Balaban J connectivity index is 2.33. The molecule has 1 unspecified atom stereocenters. The van der Waals surface area contributed by atoms with E-state index in [4.69, 9.17) is 4.74 Å². The van der Waals surface area contributed by atoms with E-state index < -0.39 is 0 Å². The van der Waals surface area contributed by atoms with Crippen LogP contribution >= 0.6 is 0 Å². The van der Waals surface area contributed by atoms with E-state index in [2.05, 4.69) is 49.3 Å². The van der Waals surface area contributed by atoms with Crippen LogP contribution in [0.15, 0.2) is 36.5 Å². The molecule has 0 bridgehead atoms. The van der Waals surface area contributed by atoms with E-state index in [0.717, 1.165) is 24.4 Å². The minimum atomic E-state index is 0.249. The molecule has 1 aromatic heterocycles. The molecule has 1 heterocycles. The fourth-order valence-corrected chi connectivity index (χ4v) is 2.69. The van der Waals surface area contributed by atoms with E-state index in [0.29, 0.717) is 0 Å². The number of aromatic nitrogens is 1. The maximum atomic E-state index is 5.50. The van der Waals surface area contributed by atoms with Crippen molar-refractivity contribution >= 4 is 0 Å². The Morgan fingerprint density at radius 1 is 1.24 bits per heavy atom. The summed E-state index contributed by atoms with van der Waals surface area (Å²) >= 11 is 0. The molecule has 1 N–H and O–H groups in total. The van der Waals surface area contributed by atoms with Crippen molar-refractivity contribution in [2.45, 2.75) is 33.2 Å². The molecule has 0 spiro atoms. The monoisotopic (exact) mass is 284 g/mol. The molecular formula is C18H24N2O. The first-order chi connectivity index (χ1) is 10.2. The Morgan fingerprint density at radius 3 is 2.71 bits per heavy atom. The number of pyridine rings is 1. The topological polar surface area (TPSA) is 34.1 Å². The van der Waals surface area contributed by atoms with Crippen molar-refractivity contribution < 1.29 is 4.74 Å². The summed E-state index contributed by atoms with van der Waals surface area (Å²) in [5.74, 6) is 0.949. The van der Waals surface area contributed by atoms with Gasteiger partial charge < -0.3 is 10.1 Å². The van der Waals surface area contributed by atoms with E-state index in [1.807, 2.05) is 18.3 Å². The number of likely N-dealkylation sites (N-methyl/N-ethyl adjacent to an activating group) is 1. The van der Waals surface area contributed by atoms with E-state index in [1.165, 1.54) is 16.7 Å². The van der Waals surface area contributed by atoms with E-state index >= 15 is 0 Å². The van der Waals surface area contributed by atoms with Gasteiger partial charge in [-0.3, -0.25) is 4.98 Å². The molecular weight excluding hydrogens is 260 g/mol. The zero-order valence-corrected chi connectivity index (χ0v) is 13.3. The van der Waals surface area contributed by atoms with Gasteiger partial charge in [0.15, 0.2) is 0 Å². The van der Waals surface area contributed by atoms with Crippen LogP contribution in [0.5, 0.6) is 5.75 Å². The van der Waals surface area contributed by atoms with Gasteiger partial charge in [-0.1, -0.05) is 30.7 Å². The number of benzene rings is 1. The smallest absolute Gasteiger partial charge is 0.122 e. The van der Waals surface area contributed by atoms with E-state index in [-0.39, 0.29) is 6.04 Å². The lowest BCUT2D eigenvalue weighted by Gasteiger charge is -2.21. The first-order valence-corrected chi connectivity index (χ1v) is 7.44. The third-order valence-corrected chi connectivity index (χ3v) is 3.73. The predicted molar refractivity (Wildman–Crippen MR) is 86.8 cm³/mol. The van der Waals surface area contributed by atoms with Crippen LogP contribution < -0.4 is 10.1 Å². The first-order valence-electron chi connectivity index (χ1n) is 7.44. The summed E-state index contributed by atoms with van der Waals surface area (Å²) in [5.41, 5.74) is 4.81. The third-order valence-electron chi connectivity index (χ3n) is 3.73. The van der Waals surface area contributed by atoms with Crippen molar-refractivity contribution in [1.29, 1.82) is 0 Å². The zero-order chi connectivity index (χ0) is 15.2. The Hall–Kier alpha value is -1.87. The highest BCUT2D eigenvalue weighted by Gasteiger charge is 2.16. The second-order valence-electron chi connectivity index (χ2n) is 5.31. The molecule has 21 heavy (non-hydrogen) atoms. The second-order valence-corrected chi connectivity index (χ2v) is 5.31. The highest BCUT2D eigenvalue weighted by Crippen LogP contribution is 2.27. The SMILES string of the molecule is CCNC(Cc1cc(C)ccc1OC)c1cccnc1C. The van der Waals surface area contributed by atoms with Crippen LogP contribution in [0.1, 0.15) is 35.3 Å². The molecule has 112 valence electrons. The van der Waals surface area contributed by atoms with Gasteiger partial charge in [0.2, 0.25) is 0 Å². The molecule has 0 saturated carbocycles. The molecule has 3 nitrogen and oxygen atoms in total. The van der Waals surface area contributed by atoms with Gasteiger partial charge in [-0.15, -0.1) is 0 Å². The Bertz CT molecular complexity index is 596. The number of methoxy groups -OCH3 is 1. The number of aryl methyl sites for hydroxylation is 2. The van der Waals surface area contributed by atoms with Crippen LogP contribution in [-0.2, 0) is 6.42 Å². The minimum Gasteiger partial charge on any atom is -0.496 e. The lowest BCUT2D eigenvalue weighted by Crippen LogP contribution is -2.24. The third kappa shape index (κ3) is 3.82. The van der Waals surface area contributed by atoms with Crippen molar-refractivity contribution in [3.05, 3.63) is 58.9 Å². The lowest BCUT2D eigenvalue weighted by atomic mass is 9.96. The average Bonchev–Trinajstić information content (AvgIpc) is 2.48. The van der Waals surface area contributed by atoms with Crippen LogP contribution in [0.25, 0.3) is 0 Å². The normalized spacial score (nSPS) is 12.2. The van der Waals surface area contributed by atoms with Crippen LogP contribution in [0.3, 0.4) is 0 Å². The quantitative estimate of drug-likeness (QED) is 0.880. The van der Waals surface area contributed by atoms with Gasteiger partial charge in [-0.2, -0.15) is 0 Å². The van der Waals surface area contributed by atoms with Gasteiger partial charge in [-0.25, -0.2) is 0 Å². The Morgan fingerprint density at radius 2 is 2.05 bits per heavy atom. The Kier molecular flexibility index (Phi) is 5.34. The van der Waals surface area contributed by atoms with Gasteiger partial charge in [-0.05, 0) is 50.1 Å². The summed E-state index contributed by atoms with van der Waals surface area (Å²) in [4.78, 5) is 4.41. The van der Waals surface area contributed by atoms with Crippen LogP contribution in [0, 0.1) is 13.8 Å². The van der Waals surface area contributed by atoms with Crippen molar-refractivity contribution in [3.63, 3.8) is 0 Å². The second kappa shape index (κ2) is 7.23. The fraction of sp³-hybridized carbons (Fsp3) is 0.389. The minimum absolute atomic E-state index is 0.249. The molecule has 0 aliphatic heterocycles. The summed E-state index contributed by atoms with van der Waals surface area (Å²) in [7, 11) is 1.73. The number of rotatable bonds is 6. The Labute approximate surface area is 127 Å². The summed E-state index contributed by atoms with van der Waals surface area (Å²) < 4.78 is 5.50. The summed E-state index contributed by atoms with van der Waals surface area (Å²) in [6, 6.07) is 10.7. The van der Waals surface area contributed by atoms with Gasteiger partial charge in [0.1, 0.15) is 5.75 Å². The molecule has 0 aliphatic carbocycles. The molecule has 0 saturated heterocycles. The summed E-state index contributed by atoms with van der Waals surface area (Å²) in [5, 5.41) is 3.56. The predicted octanol–water partition coefficient (Wildman–Crippen LogP) is 3.60. The van der Waals surface area contributed by atoms with Gasteiger partial charge in [0.25, 0.3) is 0 Å². The lowest BCUT2D eigenvalue weighted by molar-refractivity contribution is 0.405. The molecule has 3 heteroatoms. The first kappa shape index (κ1) is 15.5. The number of nitrogens with zero attached hydrogens (tertiary/aromatic N) is 1. The largest absolute Gasteiger partial charge is 0.496 e. The molecule has 0 aliphatic rings. The fourth-order valence-electron chi connectivity index (χ4n) is 2.69. The molecule has 0 radical (unpaired) electrons. The molecule has 2 rings (SSSR count). The van der Waals surface area contributed by atoms with Crippen LogP contribution in [0.4, 0.5) is 0 Å². The van der Waals surface area contributed by atoms with Crippen LogP contribution in [-0.4, -0.2) is 18.6 Å². The standard InChI is InChI=1S/C18H24N2O/c1-5-19-17(16-7-6-10-20-14(16)3)12-15-11-13(2)8-9-18(15)21-4/h6-11,17,19H,5,12H2,1-4H3. The van der Waals surface area contributed by atoms with Gasteiger partial charge >= 0.3 is 0 Å². The van der Waals surface area contributed by atoms with Crippen molar-refractivity contribution in [1.82, 2.24) is 10.3 Å². The van der Waals surface area contributed by atoms with Gasteiger partial charge in [0.05, 0.1) is 7.11 Å². The van der Waals surface area contributed by atoms with Crippen molar-refractivity contribution in [3.8, 4) is 5.75 Å². The van der Waals surface area contributed by atoms with Gasteiger partial charge in [0, 0.05) is 17.9 Å². The molecule has 1 aromatic carbocycles. The van der Waals surface area contributed by atoms with Crippen molar-refractivity contribution in [2.75, 3.05) is 13.7 Å². The number of ether oxygens (including phenoxy) is 1. The van der Waals surface area contributed by atoms with Crippen molar-refractivity contribution in [2.24, 2.45) is 0 Å². The maximum Gasteiger partial charge on any atom is 0.122 e. The highest BCUT2D eigenvalue weighted by molar-refractivity contribution is 5.38. The number of nitrogens with one attached hydrogen (secondary N) is 1. The molecule has 0 fully saturated rings. The maximum absolute atomic E-state index is 5.50. The average molecular weight is 284 g/mol.